The van der Waals surface area contributed by atoms with Gasteiger partial charge in [-0.25, -0.2) is 19.6 Å². The van der Waals surface area contributed by atoms with Crippen molar-refractivity contribution in [3.05, 3.63) is 166 Å². The molecule has 5 heterocycles. The van der Waals surface area contributed by atoms with Gasteiger partial charge in [0.1, 0.15) is 0 Å². The fraction of sp³-hybridized carbons (Fsp3) is 0.0769. The lowest BCUT2D eigenvalue weighted by Crippen LogP contribution is -2.00. The van der Waals surface area contributed by atoms with Crippen molar-refractivity contribution in [2.75, 3.05) is 14.2 Å². The number of aromatic nitrogens is 4. The molecule has 2 N–H and O–H groups in total. The van der Waals surface area contributed by atoms with Crippen LogP contribution in [0.5, 0.6) is 0 Å². The summed E-state index contributed by atoms with van der Waals surface area (Å²) >= 11 is 0. The number of benzene rings is 4. The van der Waals surface area contributed by atoms with Gasteiger partial charge in [0.2, 0.25) is 0 Å². The summed E-state index contributed by atoms with van der Waals surface area (Å²) in [5.41, 5.74) is 14.3. The van der Waals surface area contributed by atoms with Crippen LogP contribution in [0.25, 0.3) is 90.9 Å². The van der Waals surface area contributed by atoms with E-state index >= 15 is 0 Å². The first-order valence-electron chi connectivity index (χ1n) is 19.9. The molecule has 0 radical (unpaired) electrons. The van der Waals surface area contributed by atoms with Gasteiger partial charge in [-0.05, 0) is 109 Å². The first-order valence-corrected chi connectivity index (χ1v) is 19.9. The van der Waals surface area contributed by atoms with Crippen LogP contribution in [0.3, 0.4) is 0 Å². The molecule has 8 bridgehead atoms. The molecule has 7 aromatic rings. The summed E-state index contributed by atoms with van der Waals surface area (Å²) in [6, 6.07) is 37.4. The molecule has 0 aliphatic carbocycles. The number of hydrogen-bond donors (Lipinski definition) is 2. The summed E-state index contributed by atoms with van der Waals surface area (Å²) in [4.78, 5) is 67.6. The van der Waals surface area contributed by atoms with Crippen LogP contribution in [0.4, 0.5) is 0 Å². The van der Waals surface area contributed by atoms with E-state index in [4.69, 9.17) is 19.4 Å². The first kappa shape index (κ1) is 39.2. The number of H-pyrrole nitrogens is 2. The smallest absolute Gasteiger partial charge is 0.337 e. The molecule has 3 aromatic heterocycles. The number of nitrogens with one attached hydrogen (secondary N) is 2. The number of esters is 2. The van der Waals surface area contributed by atoms with E-state index in [0.29, 0.717) is 45.0 Å². The van der Waals surface area contributed by atoms with Gasteiger partial charge in [-0.1, -0.05) is 72.8 Å². The predicted octanol–water partition coefficient (Wildman–Crippen LogP) is 11.3. The second kappa shape index (κ2) is 16.1. The Hall–Kier alpha value is -8.24. The highest BCUT2D eigenvalue weighted by molar-refractivity contribution is 6.02. The topological polar surface area (TPSA) is 144 Å². The van der Waals surface area contributed by atoms with E-state index in [-0.39, 0.29) is 11.6 Å². The summed E-state index contributed by atoms with van der Waals surface area (Å²) in [5, 5.41) is 0. The standard InChI is InChI=1S/C52H38N4O6/c1-29(57)31-5-9-33(10-6-31)47-39-21-22-40(53-39)48(34-11-7-32(8-12-34)30(2)58)42-24-26-44(55-42)50(36-15-19-38(20-16-36)52(60)62-4)46-28-27-45(56-46)49(43-25-23-41(47)54-43)35-13-17-37(18-14-35)51(59)61-3/h5-28,54-55H,1-4H3. The Morgan fingerprint density at radius 3 is 0.839 bits per heavy atom. The number of rotatable bonds is 8. The van der Waals surface area contributed by atoms with Gasteiger partial charge in [-0.2, -0.15) is 0 Å². The van der Waals surface area contributed by atoms with Crippen LogP contribution in [0, 0.1) is 0 Å². The fourth-order valence-corrected chi connectivity index (χ4v) is 7.95. The lowest BCUT2D eigenvalue weighted by atomic mass is 10.0. The maximum Gasteiger partial charge on any atom is 0.337 e. The molecule has 10 nitrogen and oxygen atoms in total. The highest BCUT2D eigenvalue weighted by Crippen LogP contribution is 2.39. The van der Waals surface area contributed by atoms with Crippen molar-refractivity contribution in [2.45, 2.75) is 13.8 Å². The number of carbonyl (C=O) groups is 4. The Morgan fingerprint density at radius 2 is 0.613 bits per heavy atom. The predicted molar refractivity (Wildman–Crippen MR) is 243 cm³/mol. The van der Waals surface area contributed by atoms with Crippen LogP contribution in [0.2, 0.25) is 0 Å². The van der Waals surface area contributed by atoms with E-state index in [2.05, 4.69) is 9.97 Å². The summed E-state index contributed by atoms with van der Waals surface area (Å²) in [5.74, 6) is -0.951. The number of fused-ring (bicyclic) bond motifs is 8. The number of ketones is 2. The number of nitrogens with zero attached hydrogens (tertiary/aromatic N) is 2. The molecule has 2 aliphatic heterocycles. The highest BCUT2D eigenvalue weighted by atomic mass is 16.5. The molecule has 302 valence electrons. The van der Waals surface area contributed by atoms with Gasteiger partial charge in [0.05, 0.1) is 48.1 Å². The first-order chi connectivity index (χ1) is 30.1. The summed E-state index contributed by atoms with van der Waals surface area (Å²) in [6.07, 6.45) is 7.90. The van der Waals surface area contributed by atoms with Gasteiger partial charge in [-0.15, -0.1) is 0 Å². The summed E-state index contributed by atoms with van der Waals surface area (Å²) < 4.78 is 9.98. The molecule has 0 fully saturated rings. The van der Waals surface area contributed by atoms with Crippen LogP contribution in [0.15, 0.2) is 121 Å². The fourth-order valence-electron chi connectivity index (χ4n) is 7.95. The van der Waals surface area contributed by atoms with Gasteiger partial charge >= 0.3 is 11.9 Å². The maximum atomic E-state index is 12.5. The molecule has 4 aromatic carbocycles. The lowest BCUT2D eigenvalue weighted by Gasteiger charge is -2.08. The van der Waals surface area contributed by atoms with Gasteiger partial charge in [0.25, 0.3) is 0 Å². The Balaban J connectivity index is 1.42. The van der Waals surface area contributed by atoms with Crippen molar-refractivity contribution in [3.8, 4) is 44.5 Å². The molecule has 2 aliphatic rings. The monoisotopic (exact) mass is 814 g/mol. The molecule has 9 rings (SSSR count). The third-order valence-corrected chi connectivity index (χ3v) is 11.1. The van der Waals surface area contributed by atoms with Crippen LogP contribution >= 0.6 is 0 Å². The molecular formula is C52H38N4O6. The zero-order chi connectivity index (χ0) is 43.1. The number of methoxy groups -OCH3 is 2. The summed E-state index contributed by atoms with van der Waals surface area (Å²) in [7, 11) is 2.70. The Bertz CT molecular complexity index is 3000. The van der Waals surface area contributed by atoms with E-state index in [1.807, 2.05) is 121 Å². The minimum Gasteiger partial charge on any atom is -0.465 e. The van der Waals surface area contributed by atoms with Gasteiger partial charge in [-0.3, -0.25) is 9.59 Å². The maximum absolute atomic E-state index is 12.5. The quantitative estimate of drug-likeness (QED) is 0.114. The molecule has 0 atom stereocenters. The molecular weight excluding hydrogens is 777 g/mol. The van der Waals surface area contributed by atoms with Crippen molar-refractivity contribution in [2.24, 2.45) is 0 Å². The highest BCUT2D eigenvalue weighted by Gasteiger charge is 2.20. The summed E-state index contributed by atoms with van der Waals surface area (Å²) in [6.45, 7) is 3.09. The van der Waals surface area contributed by atoms with Crippen molar-refractivity contribution in [3.63, 3.8) is 0 Å². The van der Waals surface area contributed by atoms with Crippen molar-refractivity contribution in [1.29, 1.82) is 0 Å². The van der Waals surface area contributed by atoms with E-state index in [1.54, 1.807) is 38.1 Å². The largest absolute Gasteiger partial charge is 0.465 e. The van der Waals surface area contributed by atoms with E-state index in [9.17, 15) is 19.2 Å². The van der Waals surface area contributed by atoms with Gasteiger partial charge < -0.3 is 19.4 Å². The van der Waals surface area contributed by atoms with Crippen LogP contribution in [-0.2, 0) is 9.47 Å². The molecule has 0 saturated carbocycles. The number of ether oxygens (including phenoxy) is 2. The number of hydrogen-bond acceptors (Lipinski definition) is 8. The number of aromatic amines is 2. The molecule has 0 amide bonds. The minimum absolute atomic E-state index is 0.0339. The third-order valence-electron chi connectivity index (χ3n) is 11.1. The Morgan fingerprint density at radius 1 is 0.371 bits per heavy atom. The number of Topliss-reactive ketones (excluding diaryl/α,β-unsaturated/α-hetero) is 2. The normalized spacial score (nSPS) is 11.7. The van der Waals surface area contributed by atoms with Crippen LogP contribution in [0.1, 0.15) is 78.1 Å². The zero-order valence-electron chi connectivity index (χ0n) is 34.2. The van der Waals surface area contributed by atoms with E-state index < -0.39 is 11.9 Å². The average Bonchev–Trinajstić information content (AvgIpc) is 4.15. The van der Waals surface area contributed by atoms with E-state index in [0.717, 1.165) is 66.6 Å². The Labute approximate surface area is 356 Å². The van der Waals surface area contributed by atoms with Crippen molar-refractivity contribution >= 4 is 69.9 Å². The third kappa shape index (κ3) is 7.24. The SMILES string of the molecule is COC(=O)c1ccc(-c2c3nc(c(-c4ccc(C(=O)OC)cc4)c4ccc([nH]4)c(-c4ccc(C(C)=O)cc4)c4nc(c(-c5ccc(C(C)=O)cc5)c5ccc2[nH]5)C=C4)C=C3)cc1. The van der Waals surface area contributed by atoms with Crippen LogP contribution in [-0.4, -0.2) is 57.7 Å². The molecule has 0 unspecified atom stereocenters. The second-order valence-electron chi connectivity index (χ2n) is 14.9. The molecule has 10 heteroatoms. The average molecular weight is 815 g/mol. The van der Waals surface area contributed by atoms with E-state index in [1.165, 1.54) is 14.2 Å². The molecule has 0 spiro atoms. The van der Waals surface area contributed by atoms with Crippen molar-refractivity contribution < 1.29 is 28.7 Å². The second-order valence-corrected chi connectivity index (χ2v) is 14.9. The molecule has 0 saturated heterocycles. The zero-order valence-corrected chi connectivity index (χ0v) is 34.2. The van der Waals surface area contributed by atoms with Gasteiger partial charge in [0, 0.05) is 55.4 Å². The van der Waals surface area contributed by atoms with Crippen molar-refractivity contribution in [1.82, 2.24) is 19.9 Å². The Kier molecular flexibility index (Phi) is 10.2. The van der Waals surface area contributed by atoms with Gasteiger partial charge in [0.15, 0.2) is 11.6 Å². The minimum atomic E-state index is -0.441. The number of carbonyl (C=O) groups excluding carboxylic acids is 4. The lowest BCUT2D eigenvalue weighted by molar-refractivity contribution is 0.0592. The van der Waals surface area contributed by atoms with Crippen LogP contribution < -0.4 is 0 Å². The molecule has 62 heavy (non-hydrogen) atoms.